The van der Waals surface area contributed by atoms with Gasteiger partial charge in [0.2, 0.25) is 0 Å². The highest BCUT2D eigenvalue weighted by Gasteiger charge is 2.33. The zero-order valence-corrected chi connectivity index (χ0v) is 18.9. The second kappa shape index (κ2) is 9.11. The van der Waals surface area contributed by atoms with Crippen molar-refractivity contribution < 1.29 is 27.5 Å². The van der Waals surface area contributed by atoms with Crippen LogP contribution in [0.25, 0.3) is 0 Å². The number of carbonyl (C=O) groups is 2. The number of benzene rings is 1. The first-order valence-corrected chi connectivity index (χ1v) is 11.5. The van der Waals surface area contributed by atoms with E-state index in [4.69, 9.17) is 9.47 Å². The van der Waals surface area contributed by atoms with Crippen LogP contribution in [0.1, 0.15) is 39.0 Å². The van der Waals surface area contributed by atoms with Gasteiger partial charge in [0.1, 0.15) is 4.90 Å². The summed E-state index contributed by atoms with van der Waals surface area (Å²) in [6, 6.07) is 6.05. The molecule has 0 aliphatic carbocycles. The van der Waals surface area contributed by atoms with Crippen LogP contribution in [0.3, 0.4) is 0 Å². The van der Waals surface area contributed by atoms with E-state index >= 15 is 0 Å². The molecule has 0 atom stereocenters. The molecule has 1 aliphatic rings. The Bertz CT molecular complexity index is 1100. The fourth-order valence-corrected chi connectivity index (χ4v) is 5.12. The summed E-state index contributed by atoms with van der Waals surface area (Å²) in [5.74, 6) is -0.886. The van der Waals surface area contributed by atoms with Gasteiger partial charge in [-0.3, -0.25) is 9.52 Å². The number of esters is 1. The smallest absolute Gasteiger partial charge is 0.338 e. The third kappa shape index (κ3) is 4.59. The average Bonchev–Trinajstić information content (AvgIpc) is 2.98. The van der Waals surface area contributed by atoms with Gasteiger partial charge in [-0.15, -0.1) is 0 Å². The molecule has 2 heterocycles. The van der Waals surface area contributed by atoms with Gasteiger partial charge in [-0.2, -0.15) is 0 Å². The van der Waals surface area contributed by atoms with Crippen molar-refractivity contribution in [2.75, 3.05) is 37.6 Å². The van der Waals surface area contributed by atoms with E-state index in [9.17, 15) is 18.0 Å². The maximum absolute atomic E-state index is 13.4. The summed E-state index contributed by atoms with van der Waals surface area (Å²) in [6.07, 6.45) is 0. The first kappa shape index (κ1) is 22.8. The molecule has 1 aromatic heterocycles. The lowest BCUT2D eigenvalue weighted by Gasteiger charge is -2.27. The van der Waals surface area contributed by atoms with E-state index in [1.165, 1.54) is 12.1 Å². The zero-order valence-electron chi connectivity index (χ0n) is 18.1. The van der Waals surface area contributed by atoms with Crippen LogP contribution in [0, 0.1) is 13.8 Å². The molecule has 0 spiro atoms. The van der Waals surface area contributed by atoms with Crippen LogP contribution in [0.15, 0.2) is 29.2 Å². The first-order chi connectivity index (χ1) is 14.7. The summed E-state index contributed by atoms with van der Waals surface area (Å²) < 4.78 is 41.2. The Labute approximate surface area is 182 Å². The zero-order chi connectivity index (χ0) is 22.8. The highest BCUT2D eigenvalue weighted by Crippen LogP contribution is 2.29. The Kier molecular flexibility index (Phi) is 6.71. The lowest BCUT2D eigenvalue weighted by Crippen LogP contribution is -2.41. The second-order valence-electron chi connectivity index (χ2n) is 7.25. The van der Waals surface area contributed by atoms with Crippen LogP contribution < -0.4 is 4.72 Å². The van der Waals surface area contributed by atoms with Crippen LogP contribution >= 0.6 is 0 Å². The Balaban J connectivity index is 2.00. The van der Waals surface area contributed by atoms with Crippen molar-refractivity contribution >= 4 is 27.6 Å². The van der Waals surface area contributed by atoms with Crippen LogP contribution in [0.4, 0.5) is 5.69 Å². The first-order valence-electron chi connectivity index (χ1n) is 10.00. The molecule has 0 saturated carbocycles. The SMILES string of the molecule is CCOC(=O)c1cccc(NS(=O)(=O)c2c(C(=O)N3CCOCC3)c(C)n(C)c2C)c1. The third-order valence-electron chi connectivity index (χ3n) is 5.33. The number of sulfonamides is 1. The van der Waals surface area contributed by atoms with Gasteiger partial charge in [-0.1, -0.05) is 6.07 Å². The number of hydrogen-bond donors (Lipinski definition) is 1. The fourth-order valence-electron chi connectivity index (χ4n) is 3.55. The van der Waals surface area contributed by atoms with Gasteiger partial charge in [0.25, 0.3) is 15.9 Å². The number of morpholine rings is 1. The van der Waals surface area contributed by atoms with Crippen molar-refractivity contribution in [1.82, 2.24) is 9.47 Å². The van der Waals surface area contributed by atoms with E-state index in [0.717, 1.165) is 0 Å². The minimum absolute atomic E-state index is 0.0643. The minimum atomic E-state index is -4.12. The Morgan fingerprint density at radius 1 is 1.16 bits per heavy atom. The molecule has 9 nitrogen and oxygen atoms in total. The lowest BCUT2D eigenvalue weighted by molar-refractivity contribution is 0.0300. The molecule has 1 N–H and O–H groups in total. The lowest BCUT2D eigenvalue weighted by atomic mass is 10.2. The van der Waals surface area contributed by atoms with Gasteiger partial charge < -0.3 is 18.9 Å². The number of rotatable bonds is 6. The van der Waals surface area contributed by atoms with Crippen molar-refractivity contribution in [2.45, 2.75) is 25.7 Å². The maximum atomic E-state index is 13.4. The second-order valence-corrected chi connectivity index (χ2v) is 8.86. The van der Waals surface area contributed by atoms with Gasteiger partial charge in [-0.25, -0.2) is 13.2 Å². The van der Waals surface area contributed by atoms with E-state index in [2.05, 4.69) is 4.72 Å². The molecule has 3 rings (SSSR count). The van der Waals surface area contributed by atoms with E-state index in [1.807, 2.05) is 0 Å². The van der Waals surface area contributed by atoms with Crippen molar-refractivity contribution in [3.63, 3.8) is 0 Å². The molecular weight excluding hydrogens is 422 g/mol. The molecule has 1 aromatic carbocycles. The van der Waals surface area contributed by atoms with Gasteiger partial charge in [-0.05, 0) is 39.0 Å². The Hall–Kier alpha value is -2.85. The molecule has 0 radical (unpaired) electrons. The molecule has 2 aromatic rings. The molecule has 168 valence electrons. The largest absolute Gasteiger partial charge is 0.462 e. The van der Waals surface area contributed by atoms with Crippen molar-refractivity contribution in [1.29, 1.82) is 0 Å². The van der Waals surface area contributed by atoms with Gasteiger partial charge in [0, 0.05) is 37.2 Å². The summed E-state index contributed by atoms with van der Waals surface area (Å²) in [4.78, 5) is 26.8. The number of hydrogen-bond acceptors (Lipinski definition) is 6. The number of anilines is 1. The van der Waals surface area contributed by atoms with E-state index in [0.29, 0.717) is 37.7 Å². The number of amides is 1. The van der Waals surface area contributed by atoms with Crippen molar-refractivity contribution in [2.24, 2.45) is 7.05 Å². The maximum Gasteiger partial charge on any atom is 0.338 e. The molecule has 10 heteroatoms. The molecule has 1 fully saturated rings. The predicted octanol–water partition coefficient (Wildman–Crippen LogP) is 2.09. The molecule has 1 amide bonds. The van der Waals surface area contributed by atoms with Crippen molar-refractivity contribution in [3.8, 4) is 0 Å². The summed E-state index contributed by atoms with van der Waals surface area (Å²) in [5.41, 5.74) is 1.60. The Morgan fingerprint density at radius 3 is 2.48 bits per heavy atom. The molecular formula is C21H27N3O6S. The van der Waals surface area contributed by atoms with E-state index in [1.54, 1.807) is 49.4 Å². The number of aromatic nitrogens is 1. The fraction of sp³-hybridized carbons (Fsp3) is 0.429. The average molecular weight is 450 g/mol. The van der Waals surface area contributed by atoms with Crippen LogP contribution in [0.2, 0.25) is 0 Å². The van der Waals surface area contributed by atoms with E-state index in [-0.39, 0.29) is 34.2 Å². The third-order valence-corrected chi connectivity index (χ3v) is 6.87. The molecule has 1 aliphatic heterocycles. The summed E-state index contributed by atoms with van der Waals surface area (Å²) in [7, 11) is -2.39. The standard InChI is InChI=1S/C21H27N3O6S/c1-5-30-21(26)16-7-6-8-17(13-16)22-31(27,28)19-15(3)23(4)14(2)18(19)20(25)24-9-11-29-12-10-24/h6-8,13,22H,5,9-12H2,1-4H3. The molecule has 0 unspecified atom stereocenters. The van der Waals surface area contributed by atoms with Crippen molar-refractivity contribution in [3.05, 3.63) is 46.8 Å². The predicted molar refractivity (Wildman–Crippen MR) is 115 cm³/mol. The molecule has 1 saturated heterocycles. The number of ether oxygens (including phenoxy) is 2. The molecule has 31 heavy (non-hydrogen) atoms. The monoisotopic (exact) mass is 449 g/mol. The van der Waals surface area contributed by atoms with Crippen LogP contribution in [0.5, 0.6) is 0 Å². The highest BCUT2D eigenvalue weighted by molar-refractivity contribution is 7.92. The Morgan fingerprint density at radius 2 is 1.84 bits per heavy atom. The van der Waals surface area contributed by atoms with E-state index < -0.39 is 16.0 Å². The van der Waals surface area contributed by atoms with Gasteiger partial charge >= 0.3 is 5.97 Å². The normalized spacial score (nSPS) is 14.4. The topological polar surface area (TPSA) is 107 Å². The quantitative estimate of drug-likeness (QED) is 0.677. The summed E-state index contributed by atoms with van der Waals surface area (Å²) in [5, 5.41) is 0. The minimum Gasteiger partial charge on any atom is -0.462 e. The summed E-state index contributed by atoms with van der Waals surface area (Å²) >= 11 is 0. The molecule has 0 bridgehead atoms. The number of nitrogens with zero attached hydrogens (tertiary/aromatic N) is 2. The van der Waals surface area contributed by atoms with Gasteiger partial charge in [0.05, 0.1) is 30.9 Å². The van der Waals surface area contributed by atoms with Gasteiger partial charge in [0.15, 0.2) is 0 Å². The number of nitrogens with one attached hydrogen (secondary N) is 1. The van der Waals surface area contributed by atoms with Crippen LogP contribution in [-0.4, -0.2) is 62.7 Å². The number of carbonyl (C=O) groups excluding carboxylic acids is 2. The summed E-state index contributed by atoms with van der Waals surface area (Å²) in [6.45, 7) is 6.92. The highest BCUT2D eigenvalue weighted by atomic mass is 32.2. The van der Waals surface area contributed by atoms with Crippen LogP contribution in [-0.2, 0) is 26.5 Å².